The number of hydrogen-bond donors (Lipinski definition) is 0. The van der Waals surface area contributed by atoms with Gasteiger partial charge in [0.25, 0.3) is 11.5 Å². The molecule has 2 aromatic heterocycles. The number of hydrogen-bond acceptors (Lipinski definition) is 5. The van der Waals surface area contributed by atoms with Crippen molar-refractivity contribution in [2.45, 2.75) is 33.2 Å². The smallest absolute Gasteiger partial charge is 0.256 e. The molecule has 158 valence electrons. The number of methoxy groups -OCH3 is 1. The van der Waals surface area contributed by atoms with E-state index in [-0.39, 0.29) is 11.5 Å². The Kier molecular flexibility index (Phi) is 5.32. The zero-order valence-electron chi connectivity index (χ0n) is 17.9. The maximum absolute atomic E-state index is 13.0. The summed E-state index contributed by atoms with van der Waals surface area (Å²) in [6.45, 7) is 5.68. The quantitative estimate of drug-likeness (QED) is 0.660. The Hall–Kier alpha value is -3.16. The molecule has 0 bridgehead atoms. The molecule has 4 rings (SSSR count). The van der Waals surface area contributed by atoms with Gasteiger partial charge in [-0.1, -0.05) is 0 Å². The number of piperidine rings is 1. The van der Waals surface area contributed by atoms with Gasteiger partial charge in [-0.25, -0.2) is 9.67 Å². The summed E-state index contributed by atoms with van der Waals surface area (Å²) in [6, 6.07) is 5.55. The standard InChI is InChI=1S/C22H27N5O3/c1-14-15(2)23-13-27(20(14)28)12-16-7-9-26(10-8-16)21(29)17-5-6-18-19(11-17)24-25(3)22(18)30-4/h5-6,11,13,16H,7-10,12H2,1-4H3. The molecular weight excluding hydrogens is 382 g/mol. The van der Waals surface area contributed by atoms with E-state index >= 15 is 0 Å². The van der Waals surface area contributed by atoms with Crippen LogP contribution < -0.4 is 10.3 Å². The minimum absolute atomic E-state index is 0.0185. The van der Waals surface area contributed by atoms with Gasteiger partial charge in [0.15, 0.2) is 0 Å². The Morgan fingerprint density at radius 1 is 1.23 bits per heavy atom. The molecule has 0 aliphatic carbocycles. The molecule has 3 heterocycles. The van der Waals surface area contributed by atoms with E-state index in [2.05, 4.69) is 10.1 Å². The minimum Gasteiger partial charge on any atom is -0.481 e. The second-order valence-electron chi connectivity index (χ2n) is 8.01. The number of rotatable bonds is 4. The van der Waals surface area contributed by atoms with Gasteiger partial charge in [-0.05, 0) is 50.8 Å². The third-order valence-corrected chi connectivity index (χ3v) is 6.09. The summed E-state index contributed by atoms with van der Waals surface area (Å²) in [6.07, 6.45) is 3.37. The van der Waals surface area contributed by atoms with E-state index in [9.17, 15) is 9.59 Å². The van der Waals surface area contributed by atoms with Crippen molar-refractivity contribution in [3.63, 3.8) is 0 Å². The largest absolute Gasteiger partial charge is 0.481 e. The second-order valence-corrected chi connectivity index (χ2v) is 8.01. The highest BCUT2D eigenvalue weighted by atomic mass is 16.5. The van der Waals surface area contributed by atoms with Crippen molar-refractivity contribution in [2.75, 3.05) is 20.2 Å². The summed E-state index contributed by atoms with van der Waals surface area (Å²) < 4.78 is 8.75. The number of likely N-dealkylation sites (tertiary alicyclic amines) is 1. The fourth-order valence-corrected chi connectivity index (χ4v) is 4.14. The maximum atomic E-state index is 13.0. The number of aryl methyl sites for hydroxylation is 2. The third-order valence-electron chi connectivity index (χ3n) is 6.09. The number of amides is 1. The molecule has 0 N–H and O–H groups in total. The molecule has 0 spiro atoms. The summed E-state index contributed by atoms with van der Waals surface area (Å²) >= 11 is 0. The van der Waals surface area contributed by atoms with Crippen molar-refractivity contribution >= 4 is 16.8 Å². The van der Waals surface area contributed by atoms with Gasteiger partial charge in [-0.3, -0.25) is 14.2 Å². The first-order chi connectivity index (χ1) is 14.4. The predicted molar refractivity (Wildman–Crippen MR) is 114 cm³/mol. The molecule has 1 aliphatic rings. The summed E-state index contributed by atoms with van der Waals surface area (Å²) in [4.78, 5) is 31.6. The number of ether oxygens (including phenoxy) is 1. The first kappa shape index (κ1) is 20.1. The van der Waals surface area contributed by atoms with Crippen LogP contribution in [0.25, 0.3) is 10.9 Å². The molecule has 30 heavy (non-hydrogen) atoms. The molecule has 8 nitrogen and oxygen atoms in total. The van der Waals surface area contributed by atoms with Crippen LogP contribution in [0.15, 0.2) is 29.3 Å². The van der Waals surface area contributed by atoms with Crippen LogP contribution >= 0.6 is 0 Å². The highest BCUT2D eigenvalue weighted by Gasteiger charge is 2.25. The Labute approximate surface area is 175 Å². The van der Waals surface area contributed by atoms with Crippen LogP contribution in [-0.4, -0.2) is 50.3 Å². The maximum Gasteiger partial charge on any atom is 0.256 e. The summed E-state index contributed by atoms with van der Waals surface area (Å²) in [5.74, 6) is 1.06. The molecule has 1 fully saturated rings. The van der Waals surface area contributed by atoms with Gasteiger partial charge in [0, 0.05) is 43.5 Å². The molecule has 3 aromatic rings. The van der Waals surface area contributed by atoms with Gasteiger partial charge in [-0.2, -0.15) is 5.10 Å². The fraction of sp³-hybridized carbons (Fsp3) is 0.455. The van der Waals surface area contributed by atoms with Crippen molar-refractivity contribution < 1.29 is 9.53 Å². The predicted octanol–water partition coefficient (Wildman–Crippen LogP) is 2.31. The van der Waals surface area contributed by atoms with E-state index in [1.165, 1.54) is 0 Å². The van der Waals surface area contributed by atoms with Crippen LogP contribution in [0.2, 0.25) is 0 Å². The topological polar surface area (TPSA) is 82.2 Å². The van der Waals surface area contributed by atoms with E-state index in [4.69, 9.17) is 4.74 Å². The molecule has 8 heteroatoms. The van der Waals surface area contributed by atoms with E-state index < -0.39 is 0 Å². The number of aromatic nitrogens is 4. The monoisotopic (exact) mass is 409 g/mol. The van der Waals surface area contributed by atoms with Crippen LogP contribution in [0.4, 0.5) is 0 Å². The lowest BCUT2D eigenvalue weighted by molar-refractivity contribution is 0.0682. The van der Waals surface area contributed by atoms with Gasteiger partial charge in [-0.15, -0.1) is 0 Å². The lowest BCUT2D eigenvalue weighted by atomic mass is 9.96. The molecule has 1 aliphatic heterocycles. The van der Waals surface area contributed by atoms with Crippen molar-refractivity contribution in [2.24, 2.45) is 13.0 Å². The molecule has 1 saturated heterocycles. The number of carbonyl (C=O) groups excluding carboxylic acids is 1. The summed E-state index contributed by atoms with van der Waals surface area (Å²) in [7, 11) is 3.43. The van der Waals surface area contributed by atoms with Crippen LogP contribution in [-0.2, 0) is 13.6 Å². The SMILES string of the molecule is COc1c2ccc(C(=O)N3CCC(Cn4cnc(C)c(C)c4=O)CC3)cc2nn1C. The van der Waals surface area contributed by atoms with E-state index in [0.717, 1.165) is 29.4 Å². The van der Waals surface area contributed by atoms with Crippen molar-refractivity contribution in [1.29, 1.82) is 0 Å². The third kappa shape index (κ3) is 3.58. The van der Waals surface area contributed by atoms with Gasteiger partial charge in [0.05, 0.1) is 24.3 Å². The lowest BCUT2D eigenvalue weighted by Crippen LogP contribution is -2.40. The highest BCUT2D eigenvalue weighted by Crippen LogP contribution is 2.27. The van der Waals surface area contributed by atoms with Crippen molar-refractivity contribution in [1.82, 2.24) is 24.2 Å². The molecule has 0 saturated carbocycles. The summed E-state index contributed by atoms with van der Waals surface area (Å²) in [5.41, 5.74) is 2.89. The summed E-state index contributed by atoms with van der Waals surface area (Å²) in [5, 5.41) is 5.33. The first-order valence-corrected chi connectivity index (χ1v) is 10.2. The molecular formula is C22H27N5O3. The zero-order valence-corrected chi connectivity index (χ0v) is 17.9. The number of fused-ring (bicyclic) bond motifs is 1. The molecule has 0 atom stereocenters. The van der Waals surface area contributed by atoms with Gasteiger partial charge >= 0.3 is 0 Å². The Morgan fingerprint density at radius 2 is 1.97 bits per heavy atom. The normalized spacial score (nSPS) is 15.0. The Bertz CT molecular complexity index is 1160. The molecule has 0 unspecified atom stereocenters. The minimum atomic E-state index is 0.0185. The van der Waals surface area contributed by atoms with Crippen molar-refractivity contribution in [3.8, 4) is 5.88 Å². The number of nitrogens with zero attached hydrogens (tertiary/aromatic N) is 5. The van der Waals surface area contributed by atoms with Crippen LogP contribution in [0.5, 0.6) is 5.88 Å². The van der Waals surface area contributed by atoms with Gasteiger partial charge in [0.2, 0.25) is 5.88 Å². The average Bonchev–Trinajstić information content (AvgIpc) is 3.08. The fourth-order valence-electron chi connectivity index (χ4n) is 4.14. The van der Waals surface area contributed by atoms with Crippen LogP contribution in [0, 0.1) is 19.8 Å². The molecule has 0 radical (unpaired) electrons. The van der Waals surface area contributed by atoms with Gasteiger partial charge in [0.1, 0.15) is 0 Å². The number of benzene rings is 1. The Morgan fingerprint density at radius 3 is 2.67 bits per heavy atom. The van der Waals surface area contributed by atoms with E-state index in [1.807, 2.05) is 44.0 Å². The van der Waals surface area contributed by atoms with E-state index in [0.29, 0.717) is 42.6 Å². The Balaban J connectivity index is 1.43. The first-order valence-electron chi connectivity index (χ1n) is 10.2. The zero-order chi connectivity index (χ0) is 21.4. The lowest BCUT2D eigenvalue weighted by Gasteiger charge is -2.32. The van der Waals surface area contributed by atoms with Crippen LogP contribution in [0.3, 0.4) is 0 Å². The molecule has 1 amide bonds. The van der Waals surface area contributed by atoms with Crippen LogP contribution in [0.1, 0.15) is 34.5 Å². The van der Waals surface area contributed by atoms with Gasteiger partial charge < -0.3 is 9.64 Å². The van der Waals surface area contributed by atoms with Crippen molar-refractivity contribution in [3.05, 3.63) is 51.7 Å². The number of carbonyl (C=O) groups is 1. The highest BCUT2D eigenvalue weighted by molar-refractivity contribution is 5.98. The van der Waals surface area contributed by atoms with E-state index in [1.54, 1.807) is 22.7 Å². The average molecular weight is 409 g/mol. The molecule has 1 aromatic carbocycles. The second kappa shape index (κ2) is 7.93.